The highest BCUT2D eigenvalue weighted by molar-refractivity contribution is 6.31. The summed E-state index contributed by atoms with van der Waals surface area (Å²) < 4.78 is 5.52. The van der Waals surface area contributed by atoms with Crippen LogP contribution in [0.4, 0.5) is 17.1 Å². The smallest absolute Gasteiger partial charge is 0.142 e. The molecule has 0 saturated heterocycles. The molecule has 0 bridgehead atoms. The second-order valence-electron chi connectivity index (χ2n) is 4.96. The Bertz CT molecular complexity index is 740. The molecule has 0 N–H and O–H groups in total. The lowest BCUT2D eigenvalue weighted by atomic mass is 10.2. The van der Waals surface area contributed by atoms with Gasteiger partial charge in [-0.25, -0.2) is 0 Å². The van der Waals surface area contributed by atoms with E-state index in [1.165, 1.54) is 0 Å². The van der Waals surface area contributed by atoms with Crippen LogP contribution in [0.25, 0.3) is 0 Å². The Labute approximate surface area is 145 Å². The van der Waals surface area contributed by atoms with Crippen molar-refractivity contribution in [1.29, 1.82) is 0 Å². The molecule has 4 heteroatoms. The van der Waals surface area contributed by atoms with Crippen LogP contribution >= 0.6 is 23.2 Å². The predicted octanol–water partition coefficient (Wildman–Crippen LogP) is 6.47. The molecule has 0 spiro atoms. The van der Waals surface area contributed by atoms with Gasteiger partial charge in [-0.15, -0.1) is 0 Å². The molecule has 116 valence electrons. The number of ether oxygens (including phenoxy) is 1. The molecule has 0 aliphatic carbocycles. The van der Waals surface area contributed by atoms with Gasteiger partial charge in [0.2, 0.25) is 0 Å². The van der Waals surface area contributed by atoms with E-state index in [1.54, 1.807) is 7.11 Å². The van der Waals surface area contributed by atoms with Crippen LogP contribution in [0.5, 0.6) is 5.75 Å². The molecule has 0 radical (unpaired) electrons. The van der Waals surface area contributed by atoms with Crippen LogP contribution in [0.15, 0.2) is 72.8 Å². The van der Waals surface area contributed by atoms with Gasteiger partial charge in [0.1, 0.15) is 5.75 Å². The van der Waals surface area contributed by atoms with Gasteiger partial charge in [0.15, 0.2) is 0 Å². The molecule has 2 nitrogen and oxygen atoms in total. The second-order valence-corrected chi connectivity index (χ2v) is 5.83. The lowest BCUT2D eigenvalue weighted by Gasteiger charge is -2.27. The number of halogens is 2. The molecule has 23 heavy (non-hydrogen) atoms. The first-order valence-electron chi connectivity index (χ1n) is 7.13. The molecular weight excluding hydrogens is 329 g/mol. The van der Waals surface area contributed by atoms with Crippen molar-refractivity contribution in [3.05, 3.63) is 82.8 Å². The number of methoxy groups -OCH3 is 1. The third-order valence-corrected chi connectivity index (χ3v) is 4.00. The first kappa shape index (κ1) is 15.7. The third kappa shape index (κ3) is 3.44. The van der Waals surface area contributed by atoms with E-state index in [9.17, 15) is 0 Å². The maximum Gasteiger partial charge on any atom is 0.142 e. The molecule has 0 atom stereocenters. The van der Waals surface area contributed by atoms with Crippen molar-refractivity contribution in [2.45, 2.75) is 0 Å². The Balaban J connectivity index is 2.17. The maximum absolute atomic E-state index is 6.03. The quantitative estimate of drug-likeness (QED) is 0.538. The summed E-state index contributed by atoms with van der Waals surface area (Å²) in [4.78, 5) is 2.10. The first-order chi connectivity index (χ1) is 11.2. The van der Waals surface area contributed by atoms with Crippen LogP contribution in [-0.2, 0) is 0 Å². The minimum absolute atomic E-state index is 0.699. The van der Waals surface area contributed by atoms with Crippen LogP contribution in [-0.4, -0.2) is 7.11 Å². The van der Waals surface area contributed by atoms with Crippen LogP contribution < -0.4 is 9.64 Å². The van der Waals surface area contributed by atoms with E-state index in [2.05, 4.69) is 4.90 Å². The lowest BCUT2D eigenvalue weighted by Crippen LogP contribution is -2.10. The summed E-state index contributed by atoms with van der Waals surface area (Å²) in [6.07, 6.45) is 0. The number of benzene rings is 3. The van der Waals surface area contributed by atoms with Gasteiger partial charge >= 0.3 is 0 Å². The number of para-hydroxylation sites is 2. The summed E-state index contributed by atoms with van der Waals surface area (Å²) >= 11 is 12.1. The largest absolute Gasteiger partial charge is 0.495 e. The number of rotatable bonds is 4. The summed E-state index contributed by atoms with van der Waals surface area (Å²) in [6, 6.07) is 23.3. The van der Waals surface area contributed by atoms with E-state index in [1.807, 2.05) is 72.8 Å². The van der Waals surface area contributed by atoms with Gasteiger partial charge in [0.25, 0.3) is 0 Å². The SMILES string of the molecule is COc1ccccc1N(c1ccc(Cl)cc1)c1ccc(Cl)cc1. The minimum Gasteiger partial charge on any atom is -0.495 e. The van der Waals surface area contributed by atoms with E-state index in [0.29, 0.717) is 10.0 Å². The predicted molar refractivity (Wildman–Crippen MR) is 97.7 cm³/mol. The third-order valence-electron chi connectivity index (χ3n) is 3.50. The molecule has 0 unspecified atom stereocenters. The number of hydrogen-bond acceptors (Lipinski definition) is 2. The fourth-order valence-corrected chi connectivity index (χ4v) is 2.67. The summed E-state index contributed by atoms with van der Waals surface area (Å²) in [5.41, 5.74) is 2.92. The van der Waals surface area contributed by atoms with Crippen LogP contribution in [0.2, 0.25) is 10.0 Å². The van der Waals surface area contributed by atoms with E-state index >= 15 is 0 Å². The lowest BCUT2D eigenvalue weighted by molar-refractivity contribution is 0.416. The summed E-state index contributed by atoms with van der Waals surface area (Å²) in [5.74, 6) is 0.789. The zero-order valence-corrected chi connectivity index (χ0v) is 14.1. The van der Waals surface area contributed by atoms with E-state index in [0.717, 1.165) is 22.8 Å². The van der Waals surface area contributed by atoms with Crippen molar-refractivity contribution in [2.24, 2.45) is 0 Å². The number of anilines is 3. The fourth-order valence-electron chi connectivity index (χ4n) is 2.42. The van der Waals surface area contributed by atoms with Gasteiger partial charge in [0, 0.05) is 21.4 Å². The highest BCUT2D eigenvalue weighted by Crippen LogP contribution is 2.40. The molecule has 0 saturated carbocycles. The molecule has 3 rings (SSSR count). The highest BCUT2D eigenvalue weighted by Gasteiger charge is 2.16. The van der Waals surface area contributed by atoms with Gasteiger partial charge < -0.3 is 9.64 Å². The molecule has 3 aromatic rings. The zero-order chi connectivity index (χ0) is 16.2. The van der Waals surface area contributed by atoms with E-state index < -0.39 is 0 Å². The molecule has 0 heterocycles. The average molecular weight is 344 g/mol. The van der Waals surface area contributed by atoms with Crippen molar-refractivity contribution in [3.8, 4) is 5.75 Å². The Morgan fingerprint density at radius 1 is 0.696 bits per heavy atom. The van der Waals surface area contributed by atoms with Gasteiger partial charge in [-0.3, -0.25) is 0 Å². The van der Waals surface area contributed by atoms with Crippen LogP contribution in [0.3, 0.4) is 0 Å². The molecule has 0 amide bonds. The molecule has 0 fully saturated rings. The summed E-state index contributed by atoms with van der Waals surface area (Å²) in [7, 11) is 1.67. The minimum atomic E-state index is 0.699. The second kappa shape index (κ2) is 6.95. The Hall–Kier alpha value is -2.16. The first-order valence-corrected chi connectivity index (χ1v) is 7.89. The summed E-state index contributed by atoms with van der Waals surface area (Å²) in [5, 5.41) is 1.40. The summed E-state index contributed by atoms with van der Waals surface area (Å²) in [6.45, 7) is 0. The highest BCUT2D eigenvalue weighted by atomic mass is 35.5. The molecule has 0 aromatic heterocycles. The van der Waals surface area contributed by atoms with Crippen LogP contribution in [0.1, 0.15) is 0 Å². The normalized spacial score (nSPS) is 10.4. The van der Waals surface area contributed by atoms with Gasteiger partial charge in [0.05, 0.1) is 12.8 Å². The molecule has 0 aliphatic heterocycles. The zero-order valence-electron chi connectivity index (χ0n) is 12.5. The van der Waals surface area contributed by atoms with Gasteiger partial charge in [-0.1, -0.05) is 35.3 Å². The van der Waals surface area contributed by atoms with Crippen molar-refractivity contribution >= 4 is 40.3 Å². The van der Waals surface area contributed by atoms with Gasteiger partial charge in [-0.2, -0.15) is 0 Å². The van der Waals surface area contributed by atoms with Gasteiger partial charge in [-0.05, 0) is 60.7 Å². The monoisotopic (exact) mass is 343 g/mol. The van der Waals surface area contributed by atoms with Crippen molar-refractivity contribution in [1.82, 2.24) is 0 Å². The average Bonchev–Trinajstić information content (AvgIpc) is 2.59. The molecular formula is C19H15Cl2NO. The Kier molecular flexibility index (Phi) is 4.75. The molecule has 0 aliphatic rings. The maximum atomic E-state index is 6.03. The standard InChI is InChI=1S/C19H15Cl2NO/c1-23-19-5-3-2-4-18(19)22(16-10-6-14(20)7-11-16)17-12-8-15(21)9-13-17/h2-13H,1H3. The topological polar surface area (TPSA) is 12.5 Å². The fraction of sp³-hybridized carbons (Fsp3) is 0.0526. The van der Waals surface area contributed by atoms with E-state index in [4.69, 9.17) is 27.9 Å². The van der Waals surface area contributed by atoms with Crippen molar-refractivity contribution < 1.29 is 4.74 Å². The van der Waals surface area contributed by atoms with Crippen molar-refractivity contribution in [2.75, 3.05) is 12.0 Å². The Morgan fingerprint density at radius 2 is 1.17 bits per heavy atom. The van der Waals surface area contributed by atoms with Crippen LogP contribution in [0, 0.1) is 0 Å². The molecule has 3 aromatic carbocycles. The van der Waals surface area contributed by atoms with E-state index in [-0.39, 0.29) is 0 Å². The number of nitrogens with zero attached hydrogens (tertiary/aromatic N) is 1. The van der Waals surface area contributed by atoms with Crippen molar-refractivity contribution in [3.63, 3.8) is 0 Å². The number of hydrogen-bond donors (Lipinski definition) is 0. The Morgan fingerprint density at radius 3 is 1.65 bits per heavy atom.